The van der Waals surface area contributed by atoms with Crippen LogP contribution in [0.15, 0.2) is 5.38 Å². The number of nitrogens with one attached hydrogen (secondary N) is 3. The Morgan fingerprint density at radius 2 is 2.12 bits per heavy atom. The van der Waals surface area contributed by atoms with Gasteiger partial charge in [0.05, 0.1) is 0 Å². The van der Waals surface area contributed by atoms with Gasteiger partial charge in [-0.25, -0.2) is 14.6 Å². The van der Waals surface area contributed by atoms with Crippen LogP contribution in [0.5, 0.6) is 0 Å². The standard InChI is InChI=1S/C15H22N4O4S/c1-9(2)5-6-16-15-18-11(8-24-15)13(21)23-7-12(20)19-14(22)17-10-3-4-10/h8-10H,3-7H2,1-2H3,(H,16,18)(H2,17,19,20,22). The number of thiazole rings is 1. The van der Waals surface area contributed by atoms with Crippen LogP contribution in [0, 0.1) is 5.92 Å². The second-order valence-corrected chi connectivity index (χ2v) is 6.88. The molecule has 0 radical (unpaired) electrons. The van der Waals surface area contributed by atoms with Crippen LogP contribution >= 0.6 is 11.3 Å². The van der Waals surface area contributed by atoms with E-state index in [2.05, 4.69) is 34.8 Å². The number of ether oxygens (including phenoxy) is 1. The van der Waals surface area contributed by atoms with Crippen molar-refractivity contribution in [2.24, 2.45) is 5.92 Å². The topological polar surface area (TPSA) is 109 Å². The summed E-state index contributed by atoms with van der Waals surface area (Å²) >= 11 is 1.30. The van der Waals surface area contributed by atoms with Gasteiger partial charge in [0.2, 0.25) is 0 Å². The Morgan fingerprint density at radius 3 is 2.79 bits per heavy atom. The Kier molecular flexibility index (Phi) is 6.53. The third-order valence-electron chi connectivity index (χ3n) is 3.21. The van der Waals surface area contributed by atoms with Crippen molar-refractivity contribution < 1.29 is 19.1 Å². The van der Waals surface area contributed by atoms with Crippen molar-refractivity contribution in [3.05, 3.63) is 11.1 Å². The number of aromatic nitrogens is 1. The van der Waals surface area contributed by atoms with E-state index in [-0.39, 0.29) is 11.7 Å². The van der Waals surface area contributed by atoms with Gasteiger partial charge < -0.3 is 15.4 Å². The molecule has 0 spiro atoms. The van der Waals surface area contributed by atoms with Crippen LogP contribution in [-0.4, -0.2) is 42.1 Å². The molecule has 0 bridgehead atoms. The lowest BCUT2D eigenvalue weighted by Gasteiger charge is -2.06. The number of amides is 3. The van der Waals surface area contributed by atoms with Crippen LogP contribution in [0.2, 0.25) is 0 Å². The molecule has 1 aliphatic carbocycles. The molecule has 1 aliphatic rings. The molecule has 8 nitrogen and oxygen atoms in total. The second kappa shape index (κ2) is 8.62. The fraction of sp³-hybridized carbons (Fsp3) is 0.600. The predicted octanol–water partition coefficient (Wildman–Crippen LogP) is 1.75. The molecular weight excluding hydrogens is 332 g/mol. The Hall–Kier alpha value is -2.16. The van der Waals surface area contributed by atoms with Crippen molar-refractivity contribution in [2.45, 2.75) is 39.2 Å². The fourth-order valence-corrected chi connectivity index (χ4v) is 2.44. The summed E-state index contributed by atoms with van der Waals surface area (Å²) in [5.41, 5.74) is 0.141. The first kappa shape index (κ1) is 18.2. The van der Waals surface area contributed by atoms with Gasteiger partial charge in [-0.15, -0.1) is 11.3 Å². The summed E-state index contributed by atoms with van der Waals surface area (Å²) in [6.45, 7) is 4.51. The highest BCUT2D eigenvalue weighted by Crippen LogP contribution is 2.18. The molecule has 0 saturated heterocycles. The van der Waals surface area contributed by atoms with Crippen molar-refractivity contribution >= 4 is 34.4 Å². The van der Waals surface area contributed by atoms with E-state index in [1.54, 1.807) is 5.38 Å². The normalized spacial score (nSPS) is 13.5. The number of anilines is 1. The molecule has 1 fully saturated rings. The number of urea groups is 1. The first-order valence-corrected chi connectivity index (χ1v) is 8.79. The van der Waals surface area contributed by atoms with Gasteiger partial charge in [0.15, 0.2) is 17.4 Å². The van der Waals surface area contributed by atoms with E-state index in [0.29, 0.717) is 11.0 Å². The fourth-order valence-electron chi connectivity index (χ4n) is 1.73. The van der Waals surface area contributed by atoms with Crippen molar-refractivity contribution in [2.75, 3.05) is 18.5 Å². The number of carbonyl (C=O) groups excluding carboxylic acids is 3. The van der Waals surface area contributed by atoms with Gasteiger partial charge in [-0.3, -0.25) is 10.1 Å². The average molecular weight is 354 g/mol. The summed E-state index contributed by atoms with van der Waals surface area (Å²) in [6, 6.07) is -0.416. The lowest BCUT2D eigenvalue weighted by molar-refractivity contribution is -0.123. The Labute approximate surface area is 144 Å². The zero-order valence-electron chi connectivity index (χ0n) is 13.8. The van der Waals surface area contributed by atoms with Crippen molar-refractivity contribution in [3.63, 3.8) is 0 Å². The molecule has 1 aromatic heterocycles. The van der Waals surface area contributed by atoms with Gasteiger partial charge in [0.25, 0.3) is 5.91 Å². The van der Waals surface area contributed by atoms with Crippen LogP contribution in [0.25, 0.3) is 0 Å². The first-order chi connectivity index (χ1) is 11.4. The summed E-state index contributed by atoms with van der Waals surface area (Å²) in [5, 5.41) is 10.0. The molecule has 3 amide bonds. The molecule has 0 aromatic carbocycles. The second-order valence-electron chi connectivity index (χ2n) is 6.02. The van der Waals surface area contributed by atoms with Crippen LogP contribution in [0.4, 0.5) is 9.93 Å². The van der Waals surface area contributed by atoms with E-state index >= 15 is 0 Å². The number of carbonyl (C=O) groups is 3. The van der Waals surface area contributed by atoms with E-state index in [1.165, 1.54) is 11.3 Å². The number of hydrogen-bond donors (Lipinski definition) is 3. The minimum absolute atomic E-state index is 0.141. The molecular formula is C15H22N4O4S. The third kappa shape index (κ3) is 6.53. The lowest BCUT2D eigenvalue weighted by atomic mass is 10.1. The summed E-state index contributed by atoms with van der Waals surface area (Å²) in [6.07, 6.45) is 2.85. The van der Waals surface area contributed by atoms with Crippen molar-refractivity contribution in [3.8, 4) is 0 Å². The monoisotopic (exact) mass is 354 g/mol. The van der Waals surface area contributed by atoms with Crippen LogP contribution in [-0.2, 0) is 9.53 Å². The zero-order valence-corrected chi connectivity index (χ0v) is 14.6. The van der Waals surface area contributed by atoms with Gasteiger partial charge in [-0.2, -0.15) is 0 Å². The molecule has 1 heterocycles. The molecule has 1 saturated carbocycles. The Balaban J connectivity index is 1.68. The average Bonchev–Trinajstić information content (AvgIpc) is 3.19. The van der Waals surface area contributed by atoms with Gasteiger partial charge >= 0.3 is 12.0 Å². The highest BCUT2D eigenvalue weighted by molar-refractivity contribution is 7.13. The summed E-state index contributed by atoms with van der Waals surface area (Å²) in [7, 11) is 0. The van der Waals surface area contributed by atoms with Gasteiger partial charge in [0, 0.05) is 18.0 Å². The SMILES string of the molecule is CC(C)CCNc1nc(C(=O)OCC(=O)NC(=O)NC2CC2)cs1. The molecule has 0 unspecified atom stereocenters. The highest BCUT2D eigenvalue weighted by atomic mass is 32.1. The summed E-state index contributed by atoms with van der Waals surface area (Å²) < 4.78 is 4.85. The molecule has 0 aliphatic heterocycles. The Morgan fingerprint density at radius 1 is 1.38 bits per heavy atom. The Bertz CT molecular complexity index is 598. The van der Waals surface area contributed by atoms with E-state index < -0.39 is 24.5 Å². The minimum Gasteiger partial charge on any atom is -0.451 e. The maximum atomic E-state index is 11.8. The minimum atomic E-state index is -0.694. The molecule has 2 rings (SSSR count). The molecule has 132 valence electrons. The molecule has 1 aromatic rings. The van der Waals surface area contributed by atoms with Crippen LogP contribution in [0.3, 0.4) is 0 Å². The highest BCUT2D eigenvalue weighted by Gasteiger charge is 2.24. The zero-order chi connectivity index (χ0) is 17.5. The summed E-state index contributed by atoms with van der Waals surface area (Å²) in [5.74, 6) is -0.787. The number of rotatable bonds is 8. The number of nitrogens with zero attached hydrogens (tertiary/aromatic N) is 1. The van der Waals surface area contributed by atoms with Gasteiger partial charge in [-0.1, -0.05) is 13.8 Å². The molecule has 3 N–H and O–H groups in total. The number of hydrogen-bond acceptors (Lipinski definition) is 7. The maximum absolute atomic E-state index is 11.8. The predicted molar refractivity (Wildman–Crippen MR) is 90.0 cm³/mol. The molecule has 0 atom stereocenters. The molecule has 9 heteroatoms. The van der Waals surface area contributed by atoms with E-state index in [9.17, 15) is 14.4 Å². The smallest absolute Gasteiger partial charge is 0.358 e. The van der Waals surface area contributed by atoms with Gasteiger partial charge in [0.1, 0.15) is 0 Å². The van der Waals surface area contributed by atoms with Crippen molar-refractivity contribution in [1.29, 1.82) is 0 Å². The quantitative estimate of drug-likeness (QED) is 0.614. The van der Waals surface area contributed by atoms with E-state index in [1.807, 2.05) is 0 Å². The largest absolute Gasteiger partial charge is 0.451 e. The van der Waals surface area contributed by atoms with Crippen LogP contribution < -0.4 is 16.0 Å². The van der Waals surface area contributed by atoms with E-state index in [4.69, 9.17) is 4.74 Å². The lowest BCUT2D eigenvalue weighted by Crippen LogP contribution is -2.42. The third-order valence-corrected chi connectivity index (χ3v) is 4.01. The maximum Gasteiger partial charge on any atom is 0.358 e. The number of esters is 1. The summed E-state index contributed by atoms with van der Waals surface area (Å²) in [4.78, 5) is 38.8. The first-order valence-electron chi connectivity index (χ1n) is 7.91. The molecule has 24 heavy (non-hydrogen) atoms. The van der Waals surface area contributed by atoms with Crippen LogP contribution in [0.1, 0.15) is 43.6 Å². The van der Waals surface area contributed by atoms with Gasteiger partial charge in [-0.05, 0) is 25.2 Å². The van der Waals surface area contributed by atoms with Crippen molar-refractivity contribution in [1.82, 2.24) is 15.6 Å². The van der Waals surface area contributed by atoms with E-state index in [0.717, 1.165) is 25.8 Å². The number of imide groups is 1.